The topological polar surface area (TPSA) is 62.5 Å². The number of nitrogens with zero attached hydrogens (tertiary/aromatic N) is 3. The molecule has 2 aromatic heterocycles. The molecule has 0 radical (unpaired) electrons. The van der Waals surface area contributed by atoms with Gasteiger partial charge in [0, 0.05) is 30.6 Å². The summed E-state index contributed by atoms with van der Waals surface area (Å²) in [5, 5.41) is 12.4. The summed E-state index contributed by atoms with van der Waals surface area (Å²) in [7, 11) is 0. The molecule has 0 fully saturated rings. The quantitative estimate of drug-likeness (QED) is 0.623. The number of hydrogen-bond donors (Lipinski definition) is 2. The molecule has 2 heterocycles. The lowest BCUT2D eigenvalue weighted by Gasteiger charge is -1.98. The van der Waals surface area contributed by atoms with Crippen LogP contribution in [0.4, 0.5) is 0 Å². The molecule has 0 amide bonds. The van der Waals surface area contributed by atoms with Gasteiger partial charge in [-0.2, -0.15) is 5.10 Å². The van der Waals surface area contributed by atoms with Crippen LogP contribution in [-0.2, 0) is 6.54 Å². The second-order valence-electron chi connectivity index (χ2n) is 2.43. The highest BCUT2D eigenvalue weighted by molar-refractivity contribution is 5.35. The van der Waals surface area contributed by atoms with Gasteiger partial charge in [0.2, 0.25) is 0 Å². The van der Waals surface area contributed by atoms with Gasteiger partial charge >= 0.3 is 0 Å². The SMILES string of the molecule is ONCc1cnc2ccnn2c1. The van der Waals surface area contributed by atoms with Gasteiger partial charge in [-0.3, -0.25) is 0 Å². The highest BCUT2D eigenvalue weighted by Crippen LogP contribution is 2.00. The molecule has 0 spiro atoms. The third-order valence-corrected chi connectivity index (χ3v) is 1.58. The molecule has 0 atom stereocenters. The molecule has 2 rings (SSSR count). The third kappa shape index (κ3) is 1.15. The normalized spacial score (nSPS) is 10.8. The Morgan fingerprint density at radius 3 is 3.33 bits per heavy atom. The molecule has 0 saturated heterocycles. The molecule has 0 aromatic carbocycles. The number of aromatic nitrogens is 3. The van der Waals surface area contributed by atoms with Gasteiger partial charge in [-0.25, -0.2) is 15.0 Å². The van der Waals surface area contributed by atoms with Gasteiger partial charge in [0.15, 0.2) is 5.65 Å². The Bertz CT molecular complexity index is 384. The Hall–Kier alpha value is -1.46. The van der Waals surface area contributed by atoms with E-state index in [1.165, 1.54) is 0 Å². The predicted molar refractivity (Wildman–Crippen MR) is 41.6 cm³/mol. The zero-order valence-electron chi connectivity index (χ0n) is 6.31. The van der Waals surface area contributed by atoms with Crippen LogP contribution < -0.4 is 5.48 Å². The standard InChI is InChI=1S/C7H8N4O/c12-10-4-6-3-8-7-1-2-9-11(7)5-6/h1-3,5,10,12H,4H2. The van der Waals surface area contributed by atoms with Crippen molar-refractivity contribution >= 4 is 5.65 Å². The van der Waals surface area contributed by atoms with Crippen molar-refractivity contribution < 1.29 is 5.21 Å². The zero-order valence-corrected chi connectivity index (χ0v) is 6.31. The number of fused-ring (bicyclic) bond motifs is 1. The largest absolute Gasteiger partial charge is 0.316 e. The van der Waals surface area contributed by atoms with E-state index in [2.05, 4.69) is 15.6 Å². The van der Waals surface area contributed by atoms with E-state index in [-0.39, 0.29) is 0 Å². The van der Waals surface area contributed by atoms with Crippen LogP contribution >= 0.6 is 0 Å². The number of hydrogen-bond acceptors (Lipinski definition) is 4. The second kappa shape index (κ2) is 2.88. The van der Waals surface area contributed by atoms with Crippen molar-refractivity contribution in [3.8, 4) is 0 Å². The zero-order chi connectivity index (χ0) is 8.39. The number of nitrogens with one attached hydrogen (secondary N) is 1. The Kier molecular flexibility index (Phi) is 1.73. The summed E-state index contributed by atoms with van der Waals surface area (Å²) in [4.78, 5) is 4.11. The van der Waals surface area contributed by atoms with Crippen LogP contribution in [0.5, 0.6) is 0 Å². The summed E-state index contributed by atoms with van der Waals surface area (Å²) >= 11 is 0. The molecule has 12 heavy (non-hydrogen) atoms. The van der Waals surface area contributed by atoms with Gasteiger partial charge < -0.3 is 5.21 Å². The summed E-state index contributed by atoms with van der Waals surface area (Å²) in [6.45, 7) is 0.378. The van der Waals surface area contributed by atoms with Gasteiger partial charge in [-0.1, -0.05) is 0 Å². The average Bonchev–Trinajstić information content (AvgIpc) is 2.51. The molecule has 0 aliphatic carbocycles. The number of hydroxylamine groups is 1. The minimum absolute atomic E-state index is 0.378. The first kappa shape index (κ1) is 7.20. The highest BCUT2D eigenvalue weighted by Gasteiger charge is 1.96. The monoisotopic (exact) mass is 164 g/mol. The van der Waals surface area contributed by atoms with Gasteiger partial charge in [0.05, 0.1) is 6.20 Å². The smallest absolute Gasteiger partial charge is 0.154 e. The maximum atomic E-state index is 8.43. The Morgan fingerprint density at radius 1 is 1.58 bits per heavy atom. The van der Waals surface area contributed by atoms with Crippen LogP contribution in [0.15, 0.2) is 24.7 Å². The fourth-order valence-electron chi connectivity index (χ4n) is 1.03. The van der Waals surface area contributed by atoms with Crippen molar-refractivity contribution in [3.05, 3.63) is 30.2 Å². The van der Waals surface area contributed by atoms with Crippen LogP contribution in [-0.4, -0.2) is 19.8 Å². The van der Waals surface area contributed by atoms with Crippen LogP contribution in [0.1, 0.15) is 5.56 Å². The minimum atomic E-state index is 0.378. The maximum absolute atomic E-state index is 8.43. The highest BCUT2D eigenvalue weighted by atomic mass is 16.5. The molecule has 5 heteroatoms. The van der Waals surface area contributed by atoms with E-state index in [0.717, 1.165) is 11.2 Å². The van der Waals surface area contributed by atoms with Gasteiger partial charge in [0.1, 0.15) is 0 Å². The second-order valence-corrected chi connectivity index (χ2v) is 2.43. The first-order valence-corrected chi connectivity index (χ1v) is 3.55. The van der Waals surface area contributed by atoms with Crippen molar-refractivity contribution in [3.63, 3.8) is 0 Å². The van der Waals surface area contributed by atoms with E-state index >= 15 is 0 Å². The average molecular weight is 164 g/mol. The Morgan fingerprint density at radius 2 is 2.50 bits per heavy atom. The summed E-state index contributed by atoms with van der Waals surface area (Å²) in [6, 6.07) is 1.82. The van der Waals surface area contributed by atoms with Crippen molar-refractivity contribution in [1.29, 1.82) is 0 Å². The van der Waals surface area contributed by atoms with E-state index < -0.39 is 0 Å². The lowest BCUT2D eigenvalue weighted by Crippen LogP contribution is -2.07. The maximum Gasteiger partial charge on any atom is 0.154 e. The lowest BCUT2D eigenvalue weighted by atomic mass is 10.3. The summed E-state index contributed by atoms with van der Waals surface area (Å²) < 4.78 is 1.66. The van der Waals surface area contributed by atoms with E-state index in [4.69, 9.17) is 5.21 Å². The molecule has 0 saturated carbocycles. The molecule has 62 valence electrons. The third-order valence-electron chi connectivity index (χ3n) is 1.58. The molecule has 0 aliphatic heterocycles. The number of rotatable bonds is 2. The van der Waals surface area contributed by atoms with Gasteiger partial charge in [-0.15, -0.1) is 0 Å². The van der Waals surface area contributed by atoms with E-state index in [0.29, 0.717) is 6.54 Å². The van der Waals surface area contributed by atoms with Crippen LogP contribution in [0.3, 0.4) is 0 Å². The van der Waals surface area contributed by atoms with E-state index in [1.807, 2.05) is 12.3 Å². The Balaban J connectivity index is 2.46. The fraction of sp³-hybridized carbons (Fsp3) is 0.143. The van der Waals surface area contributed by atoms with Crippen LogP contribution in [0.2, 0.25) is 0 Å². The summed E-state index contributed by atoms with van der Waals surface area (Å²) in [5.41, 5.74) is 3.75. The summed E-state index contributed by atoms with van der Waals surface area (Å²) in [6.07, 6.45) is 5.18. The predicted octanol–water partition coefficient (Wildman–Crippen LogP) is 0.208. The lowest BCUT2D eigenvalue weighted by molar-refractivity contribution is 0.161. The Labute approximate surface area is 68.6 Å². The fourth-order valence-corrected chi connectivity index (χ4v) is 1.03. The molecule has 2 aromatic rings. The molecule has 0 aliphatic rings. The molecule has 2 N–H and O–H groups in total. The molecule has 0 bridgehead atoms. The molecular formula is C7H8N4O. The molecule has 0 unspecified atom stereocenters. The molecule has 5 nitrogen and oxygen atoms in total. The molecular weight excluding hydrogens is 156 g/mol. The van der Waals surface area contributed by atoms with Gasteiger partial charge in [0.25, 0.3) is 0 Å². The van der Waals surface area contributed by atoms with Crippen LogP contribution in [0, 0.1) is 0 Å². The first-order valence-electron chi connectivity index (χ1n) is 3.55. The summed E-state index contributed by atoms with van der Waals surface area (Å²) in [5.74, 6) is 0. The van der Waals surface area contributed by atoms with Crippen molar-refractivity contribution in [1.82, 2.24) is 20.1 Å². The van der Waals surface area contributed by atoms with E-state index in [9.17, 15) is 0 Å². The van der Waals surface area contributed by atoms with Crippen LogP contribution in [0.25, 0.3) is 5.65 Å². The first-order chi connectivity index (χ1) is 5.90. The van der Waals surface area contributed by atoms with Crippen molar-refractivity contribution in [2.75, 3.05) is 0 Å². The van der Waals surface area contributed by atoms with Crippen molar-refractivity contribution in [2.45, 2.75) is 6.54 Å². The minimum Gasteiger partial charge on any atom is -0.316 e. The van der Waals surface area contributed by atoms with Crippen molar-refractivity contribution in [2.24, 2.45) is 0 Å². The van der Waals surface area contributed by atoms with Gasteiger partial charge in [-0.05, 0) is 0 Å². The van der Waals surface area contributed by atoms with E-state index in [1.54, 1.807) is 16.9 Å².